The van der Waals surface area contributed by atoms with Gasteiger partial charge in [-0.3, -0.25) is 9.05 Å². The van der Waals surface area contributed by atoms with Gasteiger partial charge in [0.2, 0.25) is 0 Å². The lowest BCUT2D eigenvalue weighted by atomic mass is 10.2. The average Bonchev–Trinajstić information content (AvgIpc) is 2.61. The standard InChI is InChI=1S/C22H41N2O10P/c1-16(2)18(25)30-13-11-24(9,10)12-14-31-35(28,29)32-15-17(19(26)33-21(3,4)5)23-20(27)34-22(6,7)8/h17H,1,11-15H2,2-10H3,(H-,23,27,28,29)/p+1. The maximum atomic E-state index is 12.5. The zero-order valence-corrected chi connectivity index (χ0v) is 23.2. The van der Waals surface area contributed by atoms with Crippen LogP contribution >= 0.6 is 7.82 Å². The normalized spacial score (nSPS) is 14.9. The summed E-state index contributed by atoms with van der Waals surface area (Å²) in [7, 11) is -0.922. The van der Waals surface area contributed by atoms with Gasteiger partial charge in [-0.15, -0.1) is 0 Å². The van der Waals surface area contributed by atoms with Gasteiger partial charge in [0.05, 0.1) is 20.7 Å². The molecule has 0 saturated heterocycles. The van der Waals surface area contributed by atoms with Gasteiger partial charge in [0.1, 0.15) is 37.5 Å². The van der Waals surface area contributed by atoms with Crippen molar-refractivity contribution >= 4 is 25.9 Å². The minimum absolute atomic E-state index is 0.139. The summed E-state index contributed by atoms with van der Waals surface area (Å²) in [5, 5.41) is 2.29. The first-order valence-electron chi connectivity index (χ1n) is 11.1. The molecular formula is C22H42N2O10P+. The van der Waals surface area contributed by atoms with Crippen LogP contribution in [0.3, 0.4) is 0 Å². The molecule has 0 saturated carbocycles. The van der Waals surface area contributed by atoms with E-state index in [-0.39, 0.29) is 13.2 Å². The second-order valence-electron chi connectivity index (χ2n) is 10.6. The van der Waals surface area contributed by atoms with E-state index in [1.54, 1.807) is 48.5 Å². The molecule has 12 nitrogen and oxygen atoms in total. The highest BCUT2D eigenvalue weighted by Crippen LogP contribution is 2.43. The van der Waals surface area contributed by atoms with Crippen LogP contribution in [0.2, 0.25) is 0 Å². The van der Waals surface area contributed by atoms with E-state index in [9.17, 15) is 23.8 Å². The number of carbonyl (C=O) groups excluding carboxylic acids is 3. The van der Waals surface area contributed by atoms with E-state index in [0.717, 1.165) is 0 Å². The Morgan fingerprint density at radius 2 is 1.49 bits per heavy atom. The van der Waals surface area contributed by atoms with E-state index in [1.807, 2.05) is 14.1 Å². The first-order valence-corrected chi connectivity index (χ1v) is 12.6. The SMILES string of the molecule is C=C(C)C(=O)OCC[N+](C)(C)CCOP(=O)(O)OCC(NC(=O)OC(C)(C)C)C(=O)OC(C)(C)C. The van der Waals surface area contributed by atoms with Crippen molar-refractivity contribution in [2.24, 2.45) is 0 Å². The van der Waals surface area contributed by atoms with Crippen molar-refractivity contribution in [2.75, 3.05) is 47.0 Å². The molecule has 0 fully saturated rings. The predicted molar refractivity (Wildman–Crippen MR) is 128 cm³/mol. The minimum Gasteiger partial charge on any atom is -0.458 e. The van der Waals surface area contributed by atoms with Gasteiger partial charge in [-0.2, -0.15) is 0 Å². The lowest BCUT2D eigenvalue weighted by Crippen LogP contribution is -2.48. The van der Waals surface area contributed by atoms with E-state index in [4.69, 9.17) is 23.3 Å². The summed E-state index contributed by atoms with van der Waals surface area (Å²) in [5.74, 6) is -1.36. The van der Waals surface area contributed by atoms with Crippen LogP contribution in [0.4, 0.5) is 4.79 Å². The fourth-order valence-electron chi connectivity index (χ4n) is 2.22. The predicted octanol–water partition coefficient (Wildman–Crippen LogP) is 2.55. The number of alkyl carbamates (subject to hydrolysis) is 1. The maximum absolute atomic E-state index is 12.5. The smallest absolute Gasteiger partial charge is 0.458 e. The fraction of sp³-hybridized carbons (Fsp3) is 0.773. The van der Waals surface area contributed by atoms with E-state index < -0.39 is 49.7 Å². The summed E-state index contributed by atoms with van der Waals surface area (Å²) in [6, 6.07) is -1.41. The Labute approximate surface area is 208 Å². The number of amides is 1. The molecule has 0 radical (unpaired) electrons. The summed E-state index contributed by atoms with van der Waals surface area (Å²) < 4.78 is 38.0. The van der Waals surface area contributed by atoms with Crippen LogP contribution in [-0.4, -0.2) is 91.7 Å². The molecular weight excluding hydrogens is 483 g/mol. The average molecular weight is 526 g/mol. The molecule has 0 aromatic heterocycles. The quantitative estimate of drug-likeness (QED) is 0.121. The Bertz CT molecular complexity index is 799. The molecule has 0 aliphatic rings. The van der Waals surface area contributed by atoms with E-state index in [0.29, 0.717) is 23.1 Å². The van der Waals surface area contributed by atoms with E-state index in [1.165, 1.54) is 0 Å². The number of nitrogens with zero attached hydrogens (tertiary/aromatic N) is 1. The largest absolute Gasteiger partial charge is 0.472 e. The molecule has 2 N–H and O–H groups in total. The second kappa shape index (κ2) is 13.4. The summed E-state index contributed by atoms with van der Waals surface area (Å²) in [6.07, 6.45) is -0.919. The van der Waals surface area contributed by atoms with Crippen molar-refractivity contribution in [2.45, 2.75) is 65.7 Å². The summed E-state index contributed by atoms with van der Waals surface area (Å²) in [5.41, 5.74) is -1.40. The van der Waals surface area contributed by atoms with Gasteiger partial charge in [-0.05, 0) is 48.5 Å². The number of phosphoric ester groups is 1. The number of nitrogens with one attached hydrogen (secondary N) is 1. The Hall–Kier alpha value is -1.98. The molecule has 0 spiro atoms. The zero-order valence-electron chi connectivity index (χ0n) is 22.3. The van der Waals surface area contributed by atoms with Crippen LogP contribution in [0.15, 0.2) is 12.2 Å². The Kier molecular flexibility index (Phi) is 12.6. The van der Waals surface area contributed by atoms with Crippen molar-refractivity contribution in [3.63, 3.8) is 0 Å². The number of rotatable bonds is 13. The van der Waals surface area contributed by atoms with Gasteiger partial charge in [0.15, 0.2) is 6.04 Å². The first-order chi connectivity index (χ1) is 15.6. The summed E-state index contributed by atoms with van der Waals surface area (Å²) >= 11 is 0. The molecule has 0 aliphatic carbocycles. The number of quaternary nitrogens is 1. The molecule has 35 heavy (non-hydrogen) atoms. The Morgan fingerprint density at radius 1 is 0.971 bits per heavy atom. The number of hydrogen-bond donors (Lipinski definition) is 2. The van der Waals surface area contributed by atoms with Crippen LogP contribution in [0, 0.1) is 0 Å². The molecule has 0 aromatic carbocycles. The molecule has 0 bridgehead atoms. The van der Waals surface area contributed by atoms with Gasteiger partial charge in [-0.25, -0.2) is 18.9 Å². The number of carbonyl (C=O) groups is 3. The van der Waals surface area contributed by atoms with Gasteiger partial charge in [0, 0.05) is 5.57 Å². The number of hydrogen-bond acceptors (Lipinski definition) is 9. The van der Waals surface area contributed by atoms with E-state index in [2.05, 4.69) is 11.9 Å². The van der Waals surface area contributed by atoms with Gasteiger partial charge >= 0.3 is 25.9 Å². The first kappa shape index (κ1) is 33.0. The molecule has 2 unspecified atom stereocenters. The van der Waals surface area contributed by atoms with Crippen LogP contribution in [0.5, 0.6) is 0 Å². The second-order valence-corrected chi connectivity index (χ2v) is 12.1. The van der Waals surface area contributed by atoms with Crippen molar-refractivity contribution in [1.82, 2.24) is 5.32 Å². The van der Waals surface area contributed by atoms with Crippen LogP contribution in [0.1, 0.15) is 48.5 Å². The van der Waals surface area contributed by atoms with Crippen molar-refractivity contribution < 1.29 is 51.6 Å². The molecule has 0 heterocycles. The molecule has 0 rings (SSSR count). The maximum Gasteiger partial charge on any atom is 0.472 e. The highest BCUT2D eigenvalue weighted by atomic mass is 31.2. The van der Waals surface area contributed by atoms with Gasteiger partial charge < -0.3 is 28.9 Å². The van der Waals surface area contributed by atoms with Crippen LogP contribution < -0.4 is 5.32 Å². The molecule has 204 valence electrons. The number of ether oxygens (including phenoxy) is 3. The lowest BCUT2D eigenvalue weighted by molar-refractivity contribution is -0.890. The molecule has 0 aliphatic heterocycles. The van der Waals surface area contributed by atoms with Gasteiger partial charge in [-0.1, -0.05) is 6.58 Å². The van der Waals surface area contributed by atoms with E-state index >= 15 is 0 Å². The number of phosphoric acid groups is 1. The van der Waals surface area contributed by atoms with Crippen molar-refractivity contribution in [3.05, 3.63) is 12.2 Å². The third-order valence-corrected chi connectivity index (χ3v) is 5.00. The molecule has 2 atom stereocenters. The van der Waals surface area contributed by atoms with Crippen molar-refractivity contribution in [1.29, 1.82) is 0 Å². The highest BCUT2D eigenvalue weighted by molar-refractivity contribution is 7.47. The highest BCUT2D eigenvalue weighted by Gasteiger charge is 2.32. The zero-order chi connectivity index (χ0) is 27.7. The third kappa shape index (κ3) is 17.1. The number of likely N-dealkylation sites (N-methyl/N-ethyl adjacent to an activating group) is 1. The third-order valence-electron chi connectivity index (χ3n) is 4.02. The summed E-state index contributed by atoms with van der Waals surface area (Å²) in [6.45, 7) is 14.9. The minimum atomic E-state index is -4.57. The summed E-state index contributed by atoms with van der Waals surface area (Å²) in [4.78, 5) is 46.1. The van der Waals surface area contributed by atoms with Crippen molar-refractivity contribution in [3.8, 4) is 0 Å². The lowest BCUT2D eigenvalue weighted by Gasteiger charge is -2.29. The number of esters is 2. The topological polar surface area (TPSA) is 147 Å². The molecule has 0 aromatic rings. The van der Waals surface area contributed by atoms with Crippen LogP contribution in [-0.2, 0) is 37.4 Å². The van der Waals surface area contributed by atoms with Gasteiger partial charge in [0.25, 0.3) is 0 Å². The fourth-order valence-corrected chi connectivity index (χ4v) is 2.95. The molecule has 1 amide bonds. The Balaban J connectivity index is 4.90. The molecule has 13 heteroatoms. The Morgan fingerprint density at radius 3 is 1.97 bits per heavy atom. The van der Waals surface area contributed by atoms with Crippen LogP contribution in [0.25, 0.3) is 0 Å². The monoisotopic (exact) mass is 525 g/mol.